The number of aromatic nitrogens is 1. The Balaban J connectivity index is 2.16. The molecule has 0 aliphatic rings. The van der Waals surface area contributed by atoms with Gasteiger partial charge in [-0.05, 0) is 48.4 Å². The lowest BCUT2D eigenvalue weighted by Gasteiger charge is -2.12. The van der Waals surface area contributed by atoms with Crippen LogP contribution in [0.1, 0.15) is 18.1 Å². The molecule has 0 atom stereocenters. The van der Waals surface area contributed by atoms with E-state index in [1.165, 1.54) is 17.7 Å². The smallest absolute Gasteiger partial charge is 0.123 e. The van der Waals surface area contributed by atoms with Crippen molar-refractivity contribution in [2.24, 2.45) is 0 Å². The normalized spacial score (nSPS) is 10.4. The summed E-state index contributed by atoms with van der Waals surface area (Å²) in [6.07, 6.45) is 2.46. The summed E-state index contributed by atoms with van der Waals surface area (Å²) in [6, 6.07) is 14.2. The monoisotopic (exact) mass is 291 g/mol. The van der Waals surface area contributed by atoms with Gasteiger partial charge in [-0.15, -0.1) is 0 Å². The van der Waals surface area contributed by atoms with Crippen LogP contribution in [0.5, 0.6) is 0 Å². The van der Waals surface area contributed by atoms with Crippen LogP contribution in [0.15, 0.2) is 48.7 Å². The fourth-order valence-electron chi connectivity index (χ4n) is 2.36. The molecule has 3 aromatic rings. The Morgan fingerprint density at radius 2 is 1.95 bits per heavy atom. The number of halogens is 1. The number of pyridine rings is 1. The summed E-state index contributed by atoms with van der Waals surface area (Å²) < 4.78 is 13.0. The largest absolute Gasteiger partial charge is 0.354 e. The number of anilines is 2. The second-order valence-corrected chi connectivity index (χ2v) is 5.00. The molecule has 2 aromatic carbocycles. The van der Waals surface area contributed by atoms with Crippen molar-refractivity contribution in [3.05, 3.63) is 65.6 Å². The van der Waals surface area contributed by atoms with Gasteiger partial charge in [0.05, 0.1) is 16.8 Å². The third-order valence-corrected chi connectivity index (χ3v) is 3.57. The molecular weight excluding hydrogens is 277 g/mol. The second-order valence-electron chi connectivity index (χ2n) is 5.00. The van der Waals surface area contributed by atoms with Crippen molar-refractivity contribution in [1.29, 1.82) is 5.26 Å². The molecule has 0 unspecified atom stereocenters. The molecule has 0 radical (unpaired) electrons. The van der Waals surface area contributed by atoms with E-state index in [9.17, 15) is 9.65 Å². The molecule has 3 rings (SSSR count). The molecule has 0 saturated heterocycles. The van der Waals surface area contributed by atoms with Crippen LogP contribution in [0.4, 0.5) is 15.8 Å². The number of benzene rings is 2. The maximum Gasteiger partial charge on any atom is 0.123 e. The zero-order valence-electron chi connectivity index (χ0n) is 12.1. The van der Waals surface area contributed by atoms with Gasteiger partial charge in [0.15, 0.2) is 0 Å². The Morgan fingerprint density at radius 3 is 2.64 bits per heavy atom. The average Bonchev–Trinajstić information content (AvgIpc) is 2.56. The maximum atomic E-state index is 13.0. The molecule has 0 aliphatic heterocycles. The van der Waals surface area contributed by atoms with E-state index >= 15 is 0 Å². The number of aryl methyl sites for hydroxylation is 1. The van der Waals surface area contributed by atoms with Gasteiger partial charge in [0.1, 0.15) is 11.9 Å². The van der Waals surface area contributed by atoms with Crippen molar-refractivity contribution >= 4 is 22.3 Å². The lowest BCUT2D eigenvalue weighted by Crippen LogP contribution is -1.97. The van der Waals surface area contributed by atoms with Gasteiger partial charge < -0.3 is 5.32 Å². The van der Waals surface area contributed by atoms with Crippen molar-refractivity contribution in [3.8, 4) is 6.07 Å². The number of nitrogens with zero attached hydrogens (tertiary/aromatic N) is 2. The van der Waals surface area contributed by atoms with Gasteiger partial charge in [-0.2, -0.15) is 5.26 Å². The maximum absolute atomic E-state index is 13.0. The van der Waals surface area contributed by atoms with Crippen molar-refractivity contribution in [3.63, 3.8) is 0 Å². The summed E-state index contributed by atoms with van der Waals surface area (Å²) in [5.74, 6) is -0.293. The average molecular weight is 291 g/mol. The fourth-order valence-corrected chi connectivity index (χ4v) is 2.36. The van der Waals surface area contributed by atoms with Crippen LogP contribution in [0.3, 0.4) is 0 Å². The molecule has 0 amide bonds. The van der Waals surface area contributed by atoms with Gasteiger partial charge >= 0.3 is 0 Å². The lowest BCUT2D eigenvalue weighted by molar-refractivity contribution is 0.628. The first-order chi connectivity index (χ1) is 10.7. The number of fused-ring (bicyclic) bond motifs is 1. The summed E-state index contributed by atoms with van der Waals surface area (Å²) in [6.45, 7) is 2.08. The van der Waals surface area contributed by atoms with E-state index in [1.807, 2.05) is 18.2 Å². The zero-order valence-corrected chi connectivity index (χ0v) is 12.1. The van der Waals surface area contributed by atoms with Crippen LogP contribution in [0, 0.1) is 17.1 Å². The fraction of sp³-hybridized carbons (Fsp3) is 0.111. The summed E-state index contributed by atoms with van der Waals surface area (Å²) in [5, 5.41) is 13.4. The summed E-state index contributed by atoms with van der Waals surface area (Å²) in [5.41, 5.74) is 3.89. The van der Waals surface area contributed by atoms with Gasteiger partial charge in [-0.3, -0.25) is 4.98 Å². The van der Waals surface area contributed by atoms with Crippen LogP contribution >= 0.6 is 0 Å². The molecule has 4 heteroatoms. The quantitative estimate of drug-likeness (QED) is 0.770. The Kier molecular flexibility index (Phi) is 3.71. The molecule has 1 N–H and O–H groups in total. The molecule has 0 bridgehead atoms. The minimum absolute atomic E-state index is 0.293. The first-order valence-electron chi connectivity index (χ1n) is 7.05. The van der Waals surface area contributed by atoms with E-state index in [0.717, 1.165) is 23.0 Å². The SMILES string of the molecule is CCc1ccc2ncc(C#N)c(Nc3ccc(F)cc3)c2c1. The lowest BCUT2D eigenvalue weighted by atomic mass is 10.1. The predicted octanol–water partition coefficient (Wildman–Crippen LogP) is 4.55. The van der Waals surface area contributed by atoms with Gasteiger partial charge in [-0.25, -0.2) is 4.39 Å². The Morgan fingerprint density at radius 1 is 1.18 bits per heavy atom. The van der Waals surface area contributed by atoms with Crippen molar-refractivity contribution in [1.82, 2.24) is 4.98 Å². The minimum atomic E-state index is -0.293. The van der Waals surface area contributed by atoms with Crippen molar-refractivity contribution in [2.75, 3.05) is 5.32 Å². The van der Waals surface area contributed by atoms with Crippen LogP contribution in [0.2, 0.25) is 0 Å². The van der Waals surface area contributed by atoms with Gasteiger partial charge in [-0.1, -0.05) is 13.0 Å². The highest BCUT2D eigenvalue weighted by Gasteiger charge is 2.10. The third kappa shape index (κ3) is 2.61. The van der Waals surface area contributed by atoms with Gasteiger partial charge in [0, 0.05) is 17.3 Å². The molecule has 0 saturated carbocycles. The number of hydrogen-bond donors (Lipinski definition) is 1. The van der Waals surface area contributed by atoms with Crippen LogP contribution in [-0.4, -0.2) is 4.98 Å². The van der Waals surface area contributed by atoms with E-state index in [0.29, 0.717) is 11.3 Å². The first-order valence-corrected chi connectivity index (χ1v) is 7.05. The topological polar surface area (TPSA) is 48.7 Å². The molecule has 1 aromatic heterocycles. The molecule has 22 heavy (non-hydrogen) atoms. The van der Waals surface area contributed by atoms with E-state index in [2.05, 4.69) is 23.3 Å². The molecule has 0 aliphatic carbocycles. The van der Waals surface area contributed by atoms with Gasteiger partial charge in [0.25, 0.3) is 0 Å². The first kappa shape index (κ1) is 14.0. The molecular formula is C18H14FN3. The zero-order chi connectivity index (χ0) is 15.5. The Hall–Kier alpha value is -2.93. The predicted molar refractivity (Wildman–Crippen MR) is 85.5 cm³/mol. The van der Waals surface area contributed by atoms with Crippen LogP contribution in [0.25, 0.3) is 10.9 Å². The van der Waals surface area contributed by atoms with E-state index < -0.39 is 0 Å². The van der Waals surface area contributed by atoms with Crippen LogP contribution in [-0.2, 0) is 6.42 Å². The van der Waals surface area contributed by atoms with Gasteiger partial charge in [0.2, 0.25) is 0 Å². The highest BCUT2D eigenvalue weighted by Crippen LogP contribution is 2.29. The molecule has 3 nitrogen and oxygen atoms in total. The molecule has 1 heterocycles. The number of hydrogen-bond acceptors (Lipinski definition) is 3. The second kappa shape index (κ2) is 5.82. The minimum Gasteiger partial charge on any atom is -0.354 e. The van der Waals surface area contributed by atoms with Crippen LogP contribution < -0.4 is 5.32 Å². The summed E-state index contributed by atoms with van der Waals surface area (Å²) in [4.78, 5) is 4.32. The molecule has 0 spiro atoms. The van der Waals surface area contributed by atoms with Crippen molar-refractivity contribution < 1.29 is 4.39 Å². The highest BCUT2D eigenvalue weighted by atomic mass is 19.1. The van der Waals surface area contributed by atoms with E-state index in [4.69, 9.17) is 0 Å². The summed E-state index contributed by atoms with van der Waals surface area (Å²) >= 11 is 0. The van der Waals surface area contributed by atoms with E-state index in [-0.39, 0.29) is 5.82 Å². The number of rotatable bonds is 3. The standard InChI is InChI=1S/C18H14FN3/c1-2-12-3-8-17-16(9-12)18(13(10-20)11-21-17)22-15-6-4-14(19)5-7-15/h3-9,11H,2H2,1H3,(H,21,22). The summed E-state index contributed by atoms with van der Waals surface area (Å²) in [7, 11) is 0. The third-order valence-electron chi connectivity index (χ3n) is 3.57. The van der Waals surface area contributed by atoms with Crippen molar-refractivity contribution in [2.45, 2.75) is 13.3 Å². The molecule has 108 valence electrons. The molecule has 0 fully saturated rings. The highest BCUT2D eigenvalue weighted by molar-refractivity contribution is 5.96. The Bertz CT molecular complexity index is 864. The Labute approximate surface area is 128 Å². The number of nitriles is 1. The van der Waals surface area contributed by atoms with E-state index in [1.54, 1.807) is 18.3 Å². The number of nitrogens with one attached hydrogen (secondary N) is 1.